The summed E-state index contributed by atoms with van der Waals surface area (Å²) in [4.78, 5) is 9.95. The molecule has 12 heteroatoms. The van der Waals surface area contributed by atoms with E-state index in [0.29, 0.717) is 46.5 Å². The molecule has 0 unspecified atom stereocenters. The van der Waals surface area contributed by atoms with Gasteiger partial charge in [0.25, 0.3) is 0 Å². The van der Waals surface area contributed by atoms with Gasteiger partial charge in [-0.1, -0.05) is 23.2 Å². The van der Waals surface area contributed by atoms with Gasteiger partial charge in [-0.2, -0.15) is 0 Å². The molecule has 0 saturated carbocycles. The molecule has 0 bridgehead atoms. The number of fused-ring (bicyclic) bond motifs is 1. The van der Waals surface area contributed by atoms with Crippen molar-refractivity contribution in [1.29, 1.82) is 0 Å². The molecule has 4 rings (SSSR count). The summed E-state index contributed by atoms with van der Waals surface area (Å²) < 4.78 is 33.7. The van der Waals surface area contributed by atoms with Gasteiger partial charge < -0.3 is 19.8 Å². The van der Waals surface area contributed by atoms with Crippen LogP contribution in [-0.4, -0.2) is 71.9 Å². The van der Waals surface area contributed by atoms with Crippen LogP contribution >= 0.6 is 23.2 Å². The van der Waals surface area contributed by atoms with Gasteiger partial charge in [0.1, 0.15) is 11.9 Å². The average molecular weight is 527 g/mol. The molecule has 9 nitrogen and oxygen atoms in total. The molecule has 3 aromatic rings. The number of halogens is 2. The molecule has 2 heterocycles. The minimum Gasteiger partial charge on any atom is -0.492 e. The van der Waals surface area contributed by atoms with Gasteiger partial charge in [-0.25, -0.2) is 23.1 Å². The third-order valence-corrected chi connectivity index (χ3v) is 7.68. The zero-order valence-corrected chi connectivity index (χ0v) is 20.4. The number of nitrogens with one attached hydrogen (secondary N) is 1. The molecule has 1 saturated heterocycles. The van der Waals surface area contributed by atoms with E-state index in [2.05, 4.69) is 19.6 Å². The summed E-state index contributed by atoms with van der Waals surface area (Å²) in [6, 6.07) is 9.39. The number of sulfonamides is 1. The van der Waals surface area contributed by atoms with E-state index < -0.39 is 16.1 Å². The van der Waals surface area contributed by atoms with Crippen molar-refractivity contribution in [2.24, 2.45) is 0 Å². The molecular formula is C22H24Cl2N4O5S. The highest BCUT2D eigenvalue weighted by molar-refractivity contribution is 7.89. The van der Waals surface area contributed by atoms with Crippen molar-refractivity contribution in [2.45, 2.75) is 29.9 Å². The number of aromatic hydroxyl groups is 1. The van der Waals surface area contributed by atoms with Crippen LogP contribution in [0.1, 0.15) is 12.8 Å². The first-order chi connectivity index (χ1) is 16.2. The van der Waals surface area contributed by atoms with Crippen molar-refractivity contribution in [3.63, 3.8) is 0 Å². The van der Waals surface area contributed by atoms with Gasteiger partial charge in [0, 0.05) is 32.2 Å². The van der Waals surface area contributed by atoms with E-state index in [0.717, 1.165) is 19.0 Å². The number of ether oxygens (including phenoxy) is 1. The molecular weight excluding hydrogens is 503 g/mol. The van der Waals surface area contributed by atoms with E-state index in [1.54, 1.807) is 18.2 Å². The van der Waals surface area contributed by atoms with Gasteiger partial charge in [0.2, 0.25) is 15.9 Å². The number of likely N-dealkylation sites (tertiary alicyclic amines) is 1. The van der Waals surface area contributed by atoms with Crippen molar-refractivity contribution in [3.8, 4) is 11.6 Å². The lowest BCUT2D eigenvalue weighted by Gasteiger charge is -2.33. The van der Waals surface area contributed by atoms with Gasteiger partial charge >= 0.3 is 0 Å². The summed E-state index contributed by atoms with van der Waals surface area (Å²) in [5, 5.41) is 20.7. The lowest BCUT2D eigenvalue weighted by molar-refractivity contribution is 0.0630. The smallest absolute Gasteiger partial charge is 0.240 e. The Hall–Kier alpha value is -2.21. The minimum atomic E-state index is -3.85. The van der Waals surface area contributed by atoms with Crippen molar-refractivity contribution in [3.05, 3.63) is 52.6 Å². The maximum atomic E-state index is 12.6. The van der Waals surface area contributed by atoms with Crippen LogP contribution in [0, 0.1) is 0 Å². The summed E-state index contributed by atoms with van der Waals surface area (Å²) in [5.74, 6) is 0.424. The molecule has 3 N–H and O–H groups in total. The van der Waals surface area contributed by atoms with Gasteiger partial charge in [0.15, 0.2) is 0 Å². The van der Waals surface area contributed by atoms with E-state index in [-0.39, 0.29) is 23.4 Å². The maximum Gasteiger partial charge on any atom is 0.240 e. The highest BCUT2D eigenvalue weighted by Gasteiger charge is 2.24. The highest BCUT2D eigenvalue weighted by Crippen LogP contribution is 2.28. The van der Waals surface area contributed by atoms with Crippen LogP contribution in [0.15, 0.2) is 47.5 Å². The zero-order valence-electron chi connectivity index (χ0n) is 18.1. The fraction of sp³-hybridized carbons (Fsp3) is 0.364. The molecule has 1 aliphatic heterocycles. The maximum absolute atomic E-state index is 12.6. The Balaban J connectivity index is 1.25. The molecule has 0 spiro atoms. The highest BCUT2D eigenvalue weighted by atomic mass is 35.5. The Morgan fingerprint density at radius 2 is 1.88 bits per heavy atom. The largest absolute Gasteiger partial charge is 0.492 e. The van der Waals surface area contributed by atoms with Crippen molar-refractivity contribution >= 4 is 44.3 Å². The number of aliphatic hydroxyl groups excluding tert-OH is 1. The van der Waals surface area contributed by atoms with Crippen LogP contribution in [0.2, 0.25) is 10.0 Å². The topological polar surface area (TPSA) is 125 Å². The van der Waals surface area contributed by atoms with Crippen LogP contribution in [0.25, 0.3) is 11.0 Å². The predicted molar refractivity (Wildman–Crippen MR) is 129 cm³/mol. The molecule has 2 aromatic carbocycles. The lowest BCUT2D eigenvalue weighted by atomic mass is 10.1. The number of aliphatic hydroxyl groups is 1. The number of aromatic nitrogens is 2. The summed E-state index contributed by atoms with van der Waals surface area (Å²) >= 11 is 12.0. The van der Waals surface area contributed by atoms with Crippen molar-refractivity contribution in [1.82, 2.24) is 19.6 Å². The fourth-order valence-electron chi connectivity index (χ4n) is 3.75. The average Bonchev–Trinajstić information content (AvgIpc) is 2.81. The van der Waals surface area contributed by atoms with Crippen LogP contribution in [0.5, 0.6) is 11.6 Å². The number of benzene rings is 2. The van der Waals surface area contributed by atoms with Crippen LogP contribution < -0.4 is 9.46 Å². The Morgan fingerprint density at radius 1 is 1.12 bits per heavy atom. The van der Waals surface area contributed by atoms with Gasteiger partial charge in [0.05, 0.1) is 38.3 Å². The van der Waals surface area contributed by atoms with Crippen molar-refractivity contribution < 1.29 is 23.4 Å². The van der Waals surface area contributed by atoms with E-state index in [9.17, 15) is 18.6 Å². The summed E-state index contributed by atoms with van der Waals surface area (Å²) in [7, 11) is -3.85. The number of rotatable bonds is 8. The number of β-amino-alcohol motifs (C(OH)–C–C–N with tert-alkyl or cyclic N) is 1. The SMILES string of the molecule is O=S(=O)(NC[C@@H](O)CN1CCC(Oc2ccc(Cl)c(Cl)c2)CC1)c1ccc2nc(O)cnc2c1. The van der Waals surface area contributed by atoms with Crippen molar-refractivity contribution in [2.75, 3.05) is 26.2 Å². The first-order valence-electron chi connectivity index (χ1n) is 10.7. The van der Waals surface area contributed by atoms with Gasteiger partial charge in [-0.05, 0) is 43.2 Å². The Bertz CT molecular complexity index is 1270. The summed E-state index contributed by atoms with van der Waals surface area (Å²) in [6.07, 6.45) is 1.84. The molecule has 0 radical (unpaired) electrons. The second kappa shape index (κ2) is 10.6. The number of nitrogens with zero attached hydrogens (tertiary/aromatic N) is 3. The molecule has 1 aliphatic rings. The standard InChI is InChI=1S/C22H24Cl2N4O5S/c23-18-3-1-16(9-19(18)24)33-15-5-7-28(8-6-15)13-14(29)11-26-34(31,32)17-2-4-20-21(10-17)25-12-22(30)27-20/h1-4,9-10,12,14-15,26,29H,5-8,11,13H2,(H,27,30)/t14-/m1/s1. The fourth-order valence-corrected chi connectivity index (χ4v) is 5.13. The monoisotopic (exact) mass is 526 g/mol. The Labute approximate surface area is 207 Å². The normalized spacial score (nSPS) is 16.6. The summed E-state index contributed by atoms with van der Waals surface area (Å²) in [6.45, 7) is 1.64. The third-order valence-electron chi connectivity index (χ3n) is 5.52. The first kappa shape index (κ1) is 24.9. The van der Waals surface area contributed by atoms with Crippen LogP contribution in [-0.2, 0) is 10.0 Å². The quantitative estimate of drug-likeness (QED) is 0.409. The van der Waals surface area contributed by atoms with E-state index in [1.807, 2.05) is 0 Å². The predicted octanol–water partition coefficient (Wildman–Crippen LogP) is 2.82. The third kappa shape index (κ3) is 6.26. The second-order valence-electron chi connectivity index (χ2n) is 8.08. The van der Waals surface area contributed by atoms with Gasteiger partial charge in [-0.3, -0.25) is 0 Å². The summed E-state index contributed by atoms with van der Waals surface area (Å²) in [5.41, 5.74) is 0.720. The van der Waals surface area contributed by atoms with E-state index in [1.165, 1.54) is 18.2 Å². The molecule has 182 valence electrons. The van der Waals surface area contributed by atoms with Crippen LogP contribution in [0.4, 0.5) is 0 Å². The van der Waals surface area contributed by atoms with E-state index in [4.69, 9.17) is 27.9 Å². The zero-order chi connectivity index (χ0) is 24.3. The Kier molecular flexibility index (Phi) is 7.76. The van der Waals surface area contributed by atoms with Crippen LogP contribution in [0.3, 0.4) is 0 Å². The molecule has 34 heavy (non-hydrogen) atoms. The minimum absolute atomic E-state index is 0.00690. The lowest BCUT2D eigenvalue weighted by Crippen LogP contribution is -2.45. The number of piperidine rings is 1. The first-order valence-corrected chi connectivity index (χ1v) is 12.9. The number of hydrogen-bond acceptors (Lipinski definition) is 8. The molecule has 1 aromatic heterocycles. The van der Waals surface area contributed by atoms with Gasteiger partial charge in [-0.15, -0.1) is 0 Å². The van der Waals surface area contributed by atoms with E-state index >= 15 is 0 Å². The molecule has 1 atom stereocenters. The molecule has 1 fully saturated rings. The second-order valence-corrected chi connectivity index (χ2v) is 10.7. The number of hydrogen-bond donors (Lipinski definition) is 3. The molecule has 0 amide bonds. The Morgan fingerprint density at radius 3 is 2.62 bits per heavy atom. The molecule has 0 aliphatic carbocycles.